The largest absolute Gasteiger partial charge is 0.339 e. The molecule has 1 amide bonds. The van der Waals surface area contributed by atoms with Gasteiger partial charge < -0.3 is 9.88 Å². The van der Waals surface area contributed by atoms with E-state index < -0.39 is 0 Å². The second-order valence-corrected chi connectivity index (χ2v) is 5.06. The maximum absolute atomic E-state index is 12.1. The van der Waals surface area contributed by atoms with Crippen LogP contribution in [0.4, 0.5) is 5.69 Å². The molecule has 0 saturated carbocycles. The Morgan fingerprint density at radius 2 is 2.28 bits per heavy atom. The van der Waals surface area contributed by atoms with Gasteiger partial charge in [0.25, 0.3) is 5.91 Å². The molecule has 0 radical (unpaired) electrons. The van der Waals surface area contributed by atoms with Gasteiger partial charge in [0, 0.05) is 20.3 Å². The quantitative estimate of drug-likeness (QED) is 0.768. The number of aromatic nitrogens is 3. The Hall–Kier alpha value is -2.08. The molecule has 5 nitrogen and oxygen atoms in total. The van der Waals surface area contributed by atoms with Gasteiger partial charge in [-0.2, -0.15) is 5.10 Å². The maximum Gasteiger partial charge on any atom is 0.272 e. The molecule has 92 valence electrons. The minimum atomic E-state index is -0.117. The molecule has 0 saturated heterocycles. The standard InChI is InChI=1S/C12H12N4OS/c1-15-7-8(6-13-15)14-12(17)10-5-11-9(16(10)2)3-4-18-11/h3-7H,1-2H3,(H,14,17). The third-order valence-corrected chi connectivity index (χ3v) is 3.71. The number of anilines is 1. The summed E-state index contributed by atoms with van der Waals surface area (Å²) in [5, 5.41) is 8.87. The summed E-state index contributed by atoms with van der Waals surface area (Å²) in [4.78, 5) is 12.1. The summed E-state index contributed by atoms with van der Waals surface area (Å²) in [7, 11) is 3.71. The molecule has 0 aliphatic heterocycles. The average molecular weight is 260 g/mol. The van der Waals surface area contributed by atoms with E-state index in [2.05, 4.69) is 10.4 Å². The SMILES string of the molecule is Cn1cc(NC(=O)c2cc3sccc3n2C)cn1. The summed E-state index contributed by atoms with van der Waals surface area (Å²) >= 11 is 1.63. The maximum atomic E-state index is 12.1. The van der Waals surface area contributed by atoms with Gasteiger partial charge >= 0.3 is 0 Å². The first kappa shape index (κ1) is 11.0. The molecular formula is C12H12N4OS. The van der Waals surface area contributed by atoms with Crippen LogP contribution in [0.25, 0.3) is 10.2 Å². The minimum absolute atomic E-state index is 0.117. The summed E-state index contributed by atoms with van der Waals surface area (Å²) in [5.41, 5.74) is 2.43. The van der Waals surface area contributed by atoms with Crippen LogP contribution in [-0.4, -0.2) is 20.3 Å². The summed E-state index contributed by atoms with van der Waals surface area (Å²) in [6.45, 7) is 0. The van der Waals surface area contributed by atoms with Gasteiger partial charge in [0.15, 0.2) is 0 Å². The molecular weight excluding hydrogens is 248 g/mol. The first-order chi connectivity index (χ1) is 8.65. The number of carbonyl (C=O) groups excluding carboxylic acids is 1. The number of nitrogens with zero attached hydrogens (tertiary/aromatic N) is 3. The number of nitrogens with one attached hydrogen (secondary N) is 1. The Kier molecular flexibility index (Phi) is 2.45. The lowest BCUT2D eigenvalue weighted by Gasteiger charge is -2.03. The second kappa shape index (κ2) is 3.99. The van der Waals surface area contributed by atoms with Crippen LogP contribution in [0.2, 0.25) is 0 Å². The van der Waals surface area contributed by atoms with Gasteiger partial charge in [-0.25, -0.2) is 0 Å². The van der Waals surface area contributed by atoms with Crippen LogP contribution >= 0.6 is 11.3 Å². The van der Waals surface area contributed by atoms with Crippen LogP contribution in [0.1, 0.15) is 10.5 Å². The van der Waals surface area contributed by atoms with Crippen molar-refractivity contribution in [2.45, 2.75) is 0 Å². The lowest BCUT2D eigenvalue weighted by Crippen LogP contribution is -2.15. The van der Waals surface area contributed by atoms with Gasteiger partial charge in [0.05, 0.1) is 22.1 Å². The van der Waals surface area contributed by atoms with Crippen molar-refractivity contribution in [2.75, 3.05) is 5.32 Å². The van der Waals surface area contributed by atoms with Gasteiger partial charge in [-0.15, -0.1) is 11.3 Å². The Labute approximate surface area is 108 Å². The van der Waals surface area contributed by atoms with Crippen LogP contribution < -0.4 is 5.32 Å². The number of hydrogen-bond acceptors (Lipinski definition) is 3. The Balaban J connectivity index is 1.92. The number of amides is 1. The Morgan fingerprint density at radius 1 is 1.44 bits per heavy atom. The van der Waals surface area contributed by atoms with Crippen LogP contribution in [0.15, 0.2) is 29.9 Å². The normalized spacial score (nSPS) is 11.0. The molecule has 0 atom stereocenters. The van der Waals surface area contributed by atoms with Crippen molar-refractivity contribution >= 4 is 33.1 Å². The second-order valence-electron chi connectivity index (χ2n) is 4.12. The van der Waals surface area contributed by atoms with E-state index >= 15 is 0 Å². The van der Waals surface area contributed by atoms with Gasteiger partial charge in [0.2, 0.25) is 0 Å². The highest BCUT2D eigenvalue weighted by Crippen LogP contribution is 2.24. The van der Waals surface area contributed by atoms with Crippen molar-refractivity contribution < 1.29 is 4.79 Å². The fourth-order valence-corrected chi connectivity index (χ4v) is 2.80. The Morgan fingerprint density at radius 3 is 2.94 bits per heavy atom. The predicted octanol–water partition coefficient (Wildman–Crippen LogP) is 2.23. The summed E-state index contributed by atoms with van der Waals surface area (Å²) < 4.78 is 4.67. The highest BCUT2D eigenvalue weighted by molar-refractivity contribution is 7.17. The first-order valence-corrected chi connectivity index (χ1v) is 6.36. The lowest BCUT2D eigenvalue weighted by molar-refractivity contribution is 0.102. The van der Waals surface area contributed by atoms with Crippen molar-refractivity contribution in [2.24, 2.45) is 14.1 Å². The molecule has 3 heterocycles. The van der Waals surface area contributed by atoms with E-state index in [4.69, 9.17) is 0 Å². The zero-order valence-electron chi connectivity index (χ0n) is 10.0. The molecule has 0 aliphatic carbocycles. The van der Waals surface area contributed by atoms with Crippen molar-refractivity contribution in [1.29, 1.82) is 0 Å². The number of carbonyl (C=O) groups is 1. The molecule has 18 heavy (non-hydrogen) atoms. The number of aryl methyl sites for hydroxylation is 2. The van der Waals surface area contributed by atoms with E-state index in [1.807, 2.05) is 36.2 Å². The molecule has 0 aliphatic rings. The van der Waals surface area contributed by atoms with E-state index in [-0.39, 0.29) is 5.91 Å². The third kappa shape index (κ3) is 1.70. The molecule has 0 aromatic carbocycles. The Bertz CT molecular complexity index is 721. The number of thiophene rings is 1. The minimum Gasteiger partial charge on any atom is -0.339 e. The highest BCUT2D eigenvalue weighted by atomic mass is 32.1. The summed E-state index contributed by atoms with van der Waals surface area (Å²) in [5.74, 6) is -0.117. The van der Waals surface area contributed by atoms with Crippen LogP contribution in [0.3, 0.4) is 0 Å². The fraction of sp³-hybridized carbons (Fsp3) is 0.167. The number of hydrogen-bond donors (Lipinski definition) is 1. The lowest BCUT2D eigenvalue weighted by atomic mass is 10.4. The third-order valence-electron chi connectivity index (χ3n) is 2.86. The molecule has 3 aromatic rings. The van der Waals surface area contributed by atoms with Crippen LogP contribution in [0.5, 0.6) is 0 Å². The zero-order chi connectivity index (χ0) is 12.7. The summed E-state index contributed by atoms with van der Waals surface area (Å²) in [6, 6.07) is 3.92. The van der Waals surface area contributed by atoms with Gasteiger partial charge in [-0.1, -0.05) is 0 Å². The predicted molar refractivity (Wildman–Crippen MR) is 72.0 cm³/mol. The monoisotopic (exact) mass is 260 g/mol. The van der Waals surface area contributed by atoms with E-state index in [0.29, 0.717) is 11.4 Å². The average Bonchev–Trinajstić information content (AvgIpc) is 2.98. The van der Waals surface area contributed by atoms with Crippen molar-refractivity contribution in [3.63, 3.8) is 0 Å². The molecule has 0 bridgehead atoms. The molecule has 3 aromatic heterocycles. The topological polar surface area (TPSA) is 51.9 Å². The highest BCUT2D eigenvalue weighted by Gasteiger charge is 2.14. The van der Waals surface area contributed by atoms with Gasteiger partial charge in [-0.3, -0.25) is 9.48 Å². The van der Waals surface area contributed by atoms with E-state index in [1.54, 1.807) is 28.4 Å². The number of fused-ring (bicyclic) bond motifs is 1. The van der Waals surface area contributed by atoms with E-state index in [0.717, 1.165) is 10.2 Å². The van der Waals surface area contributed by atoms with E-state index in [1.165, 1.54) is 0 Å². The molecule has 0 unspecified atom stereocenters. The number of rotatable bonds is 2. The molecule has 6 heteroatoms. The first-order valence-electron chi connectivity index (χ1n) is 5.48. The van der Waals surface area contributed by atoms with Crippen LogP contribution in [0, 0.1) is 0 Å². The van der Waals surface area contributed by atoms with Crippen molar-refractivity contribution in [3.8, 4) is 0 Å². The molecule has 0 spiro atoms. The molecule has 0 fully saturated rings. The van der Waals surface area contributed by atoms with Crippen LogP contribution in [-0.2, 0) is 14.1 Å². The van der Waals surface area contributed by atoms with Gasteiger partial charge in [0.1, 0.15) is 5.69 Å². The van der Waals surface area contributed by atoms with E-state index in [9.17, 15) is 4.79 Å². The summed E-state index contributed by atoms with van der Waals surface area (Å²) in [6.07, 6.45) is 3.40. The van der Waals surface area contributed by atoms with Gasteiger partial charge in [-0.05, 0) is 17.5 Å². The van der Waals surface area contributed by atoms with Crippen molar-refractivity contribution in [1.82, 2.24) is 14.3 Å². The molecule has 3 rings (SSSR count). The smallest absolute Gasteiger partial charge is 0.272 e. The zero-order valence-corrected chi connectivity index (χ0v) is 10.9. The molecule has 1 N–H and O–H groups in total. The fourth-order valence-electron chi connectivity index (χ4n) is 1.95. The van der Waals surface area contributed by atoms with Crippen molar-refractivity contribution in [3.05, 3.63) is 35.6 Å².